The first-order valence-corrected chi connectivity index (χ1v) is 9.87. The number of aliphatic hydroxyl groups is 4. The molecule has 0 aliphatic rings. The van der Waals surface area contributed by atoms with E-state index in [1.807, 2.05) is 0 Å². The van der Waals surface area contributed by atoms with Gasteiger partial charge in [-0.25, -0.2) is 4.79 Å². The van der Waals surface area contributed by atoms with Crippen LogP contribution in [0.2, 0.25) is 0 Å². The second-order valence-electron chi connectivity index (χ2n) is 7.77. The number of hydrogen-bond acceptors (Lipinski definition) is 11. The lowest BCUT2D eigenvalue weighted by molar-refractivity contribution is 0.106. The lowest BCUT2D eigenvalue weighted by Crippen LogP contribution is -2.30. The van der Waals surface area contributed by atoms with E-state index < -0.39 is 16.9 Å². The predicted molar refractivity (Wildman–Crippen MR) is 117 cm³/mol. The molecule has 3 aromatic rings. The van der Waals surface area contributed by atoms with Crippen molar-refractivity contribution in [1.82, 2.24) is 10.3 Å². The summed E-state index contributed by atoms with van der Waals surface area (Å²) >= 11 is 0. The number of nitrogens with two attached hydrogens (primary N) is 1. The summed E-state index contributed by atoms with van der Waals surface area (Å²) in [6, 6.07) is 11.5. The molecule has 0 radical (unpaired) electrons. The molecule has 0 unspecified atom stereocenters. The van der Waals surface area contributed by atoms with E-state index in [0.29, 0.717) is 11.5 Å². The average Bonchev–Trinajstić information content (AvgIpc) is 3.48. The van der Waals surface area contributed by atoms with Crippen LogP contribution in [0, 0.1) is 0 Å². The van der Waals surface area contributed by atoms with Gasteiger partial charge >= 0.3 is 6.09 Å². The molecule has 1 aromatic carbocycles. The highest BCUT2D eigenvalue weighted by molar-refractivity contribution is 5.85. The molecule has 0 fully saturated rings. The molecular formula is C21H28N4O8. The van der Waals surface area contributed by atoms with Crippen LogP contribution in [0.5, 0.6) is 5.75 Å². The van der Waals surface area contributed by atoms with Crippen molar-refractivity contribution in [2.24, 2.45) is 0 Å². The van der Waals surface area contributed by atoms with Crippen LogP contribution >= 0.6 is 0 Å². The maximum Gasteiger partial charge on any atom is 0.418 e. The zero-order valence-electron chi connectivity index (χ0n) is 18.3. The molecule has 0 saturated carbocycles. The Hall–Kier alpha value is -3.45. The molecule has 1 amide bonds. The van der Waals surface area contributed by atoms with Gasteiger partial charge in [0.2, 0.25) is 0 Å². The van der Waals surface area contributed by atoms with Crippen LogP contribution < -0.4 is 15.8 Å². The summed E-state index contributed by atoms with van der Waals surface area (Å²) in [5, 5.41) is 46.0. The predicted octanol–water partition coefficient (Wildman–Crippen LogP) is 1.03. The van der Waals surface area contributed by atoms with Gasteiger partial charge in [0.15, 0.2) is 11.6 Å². The first-order chi connectivity index (χ1) is 15.7. The minimum Gasteiger partial charge on any atom is -0.410 e. The van der Waals surface area contributed by atoms with Crippen LogP contribution in [-0.4, -0.2) is 63.3 Å². The number of aliphatic hydroxyl groups excluding tert-OH is 4. The van der Waals surface area contributed by atoms with Crippen molar-refractivity contribution < 1.29 is 39.0 Å². The standard InChI is InChI=1S/C14H16N2O5.C7H12N2O3/c1-14(8-17,9-18)11-7-12(16-21-11)15-13(19)20-10-5-3-2-4-6-10;1-7(3-10,4-11)5-2-6(8)9-12-5/h2-7,17-18H,8-9H2,1H3,(H,15,16,19);2,10-11H,3-4H2,1H3,(H2,8,9). The SMILES string of the molecule is CC(CO)(CO)c1cc(N)no1.CC(CO)(CO)c1cc(NC(=O)Oc2ccccc2)no1. The zero-order valence-corrected chi connectivity index (χ0v) is 18.3. The lowest BCUT2D eigenvalue weighted by atomic mass is 9.90. The van der Waals surface area contributed by atoms with Gasteiger partial charge in [0, 0.05) is 12.1 Å². The minimum atomic E-state index is -0.962. The van der Waals surface area contributed by atoms with Crippen LogP contribution in [0.15, 0.2) is 51.5 Å². The normalized spacial score (nSPS) is 11.5. The first-order valence-electron chi connectivity index (χ1n) is 9.87. The average molecular weight is 464 g/mol. The monoisotopic (exact) mass is 464 g/mol. The first kappa shape index (κ1) is 25.8. The van der Waals surface area contributed by atoms with Crippen molar-refractivity contribution in [3.63, 3.8) is 0 Å². The fourth-order valence-corrected chi connectivity index (χ4v) is 2.33. The van der Waals surface area contributed by atoms with Crippen molar-refractivity contribution in [2.45, 2.75) is 24.7 Å². The molecule has 180 valence electrons. The molecule has 2 heterocycles. The molecule has 0 spiro atoms. The van der Waals surface area contributed by atoms with Crippen molar-refractivity contribution in [3.8, 4) is 5.75 Å². The second-order valence-corrected chi connectivity index (χ2v) is 7.77. The number of para-hydroxylation sites is 1. The maximum atomic E-state index is 11.7. The van der Waals surface area contributed by atoms with E-state index in [0.717, 1.165) is 0 Å². The maximum absolute atomic E-state index is 11.7. The van der Waals surface area contributed by atoms with Crippen LogP contribution in [-0.2, 0) is 10.8 Å². The van der Waals surface area contributed by atoms with Gasteiger partial charge in [0.25, 0.3) is 0 Å². The number of nitrogen functional groups attached to an aromatic ring is 1. The third kappa shape index (κ3) is 6.76. The number of nitrogens with one attached hydrogen (secondary N) is 1. The Morgan fingerprint density at radius 3 is 1.94 bits per heavy atom. The molecule has 0 atom stereocenters. The van der Waals surface area contributed by atoms with E-state index in [2.05, 4.69) is 15.6 Å². The van der Waals surface area contributed by atoms with Gasteiger partial charge in [0.05, 0.1) is 37.3 Å². The Morgan fingerprint density at radius 2 is 1.45 bits per heavy atom. The molecule has 0 aliphatic heterocycles. The van der Waals surface area contributed by atoms with E-state index >= 15 is 0 Å². The van der Waals surface area contributed by atoms with Crippen LogP contribution in [0.4, 0.5) is 16.4 Å². The highest BCUT2D eigenvalue weighted by Crippen LogP contribution is 2.25. The molecule has 0 saturated heterocycles. The highest BCUT2D eigenvalue weighted by Gasteiger charge is 2.31. The summed E-state index contributed by atoms with van der Waals surface area (Å²) in [6.07, 6.45) is -0.712. The summed E-state index contributed by atoms with van der Waals surface area (Å²) in [7, 11) is 0. The lowest BCUT2D eigenvalue weighted by Gasteiger charge is -2.20. The Balaban J connectivity index is 0.000000273. The van der Waals surface area contributed by atoms with Gasteiger partial charge in [-0.1, -0.05) is 28.5 Å². The largest absolute Gasteiger partial charge is 0.418 e. The van der Waals surface area contributed by atoms with E-state index in [1.54, 1.807) is 44.2 Å². The third-order valence-electron chi connectivity index (χ3n) is 4.81. The molecule has 7 N–H and O–H groups in total. The Morgan fingerprint density at radius 1 is 0.939 bits per heavy atom. The topological polar surface area (TPSA) is 197 Å². The van der Waals surface area contributed by atoms with Crippen molar-refractivity contribution >= 4 is 17.7 Å². The number of hydrogen-bond donors (Lipinski definition) is 6. The molecule has 0 bridgehead atoms. The van der Waals surface area contributed by atoms with Gasteiger partial charge < -0.3 is 39.9 Å². The summed E-state index contributed by atoms with van der Waals surface area (Å²) in [6.45, 7) is 2.22. The molecule has 12 nitrogen and oxygen atoms in total. The van der Waals surface area contributed by atoms with Crippen LogP contribution in [0.3, 0.4) is 0 Å². The van der Waals surface area contributed by atoms with E-state index in [-0.39, 0.29) is 43.8 Å². The van der Waals surface area contributed by atoms with Gasteiger partial charge in [-0.3, -0.25) is 5.32 Å². The fourth-order valence-electron chi connectivity index (χ4n) is 2.33. The van der Waals surface area contributed by atoms with E-state index in [4.69, 9.17) is 29.7 Å². The summed E-state index contributed by atoms with van der Waals surface area (Å²) in [5.41, 5.74) is 3.55. The number of nitrogens with zero attached hydrogens (tertiary/aromatic N) is 2. The van der Waals surface area contributed by atoms with Crippen molar-refractivity contribution in [1.29, 1.82) is 0 Å². The third-order valence-corrected chi connectivity index (χ3v) is 4.81. The van der Waals surface area contributed by atoms with Crippen molar-refractivity contribution in [3.05, 3.63) is 54.0 Å². The Bertz CT molecular complexity index is 997. The minimum absolute atomic E-state index is 0.138. The smallest absolute Gasteiger partial charge is 0.410 e. The second kappa shape index (κ2) is 11.4. The quantitative estimate of drug-likeness (QED) is 0.278. The number of aromatic nitrogens is 2. The molecule has 12 heteroatoms. The molecule has 33 heavy (non-hydrogen) atoms. The zero-order chi connectivity index (χ0) is 24.5. The number of carbonyl (C=O) groups is 1. The van der Waals surface area contributed by atoms with Gasteiger partial charge in [-0.05, 0) is 26.0 Å². The van der Waals surface area contributed by atoms with Crippen LogP contribution in [0.25, 0.3) is 0 Å². The number of anilines is 2. The van der Waals surface area contributed by atoms with Gasteiger partial charge in [0.1, 0.15) is 17.3 Å². The molecule has 2 aromatic heterocycles. The summed E-state index contributed by atoms with van der Waals surface area (Å²) in [5.74, 6) is 1.44. The highest BCUT2D eigenvalue weighted by atomic mass is 16.6. The number of rotatable bonds is 8. The van der Waals surface area contributed by atoms with Gasteiger partial charge in [-0.2, -0.15) is 0 Å². The number of carbonyl (C=O) groups excluding carboxylic acids is 1. The molecule has 3 rings (SSSR count). The number of amides is 1. The summed E-state index contributed by atoms with van der Waals surface area (Å²) in [4.78, 5) is 11.7. The number of benzene rings is 1. The van der Waals surface area contributed by atoms with E-state index in [9.17, 15) is 15.0 Å². The summed E-state index contributed by atoms with van der Waals surface area (Å²) < 4.78 is 14.9. The fraction of sp³-hybridized carbons (Fsp3) is 0.381. The molecule has 0 aliphatic carbocycles. The van der Waals surface area contributed by atoms with Crippen LogP contribution in [0.1, 0.15) is 25.4 Å². The van der Waals surface area contributed by atoms with E-state index in [1.165, 1.54) is 12.1 Å². The van der Waals surface area contributed by atoms with Gasteiger partial charge in [-0.15, -0.1) is 0 Å². The van der Waals surface area contributed by atoms with Crippen molar-refractivity contribution in [2.75, 3.05) is 37.5 Å². The Labute approximate surface area is 189 Å². The number of ether oxygens (including phenoxy) is 1. The Kier molecular flexibility index (Phi) is 8.94. The molecular weight excluding hydrogens is 436 g/mol.